The molecular weight excluding hydrogens is 1270 g/mol. The van der Waals surface area contributed by atoms with Crippen molar-refractivity contribution < 1.29 is 80.2 Å². The number of hydrogen-bond acceptors (Lipinski definition) is 15. The molecule has 0 saturated heterocycles. The van der Waals surface area contributed by atoms with Crippen molar-refractivity contribution in [3.63, 3.8) is 0 Å². The van der Waals surface area contributed by atoms with Gasteiger partial charge in [-0.2, -0.15) is 0 Å². The molecule has 3 N–H and O–H groups in total. The monoisotopic (exact) mass is 1420 g/mol. The van der Waals surface area contributed by atoms with Crippen molar-refractivity contribution in [2.75, 3.05) is 39.6 Å². The van der Waals surface area contributed by atoms with E-state index in [9.17, 15) is 43.2 Å². The summed E-state index contributed by atoms with van der Waals surface area (Å²) in [4.78, 5) is 72.9. The number of phosphoric acid groups is 2. The number of carbonyl (C=O) groups excluding carboxylic acids is 4. The maximum Gasteiger partial charge on any atom is 0.472 e. The van der Waals surface area contributed by atoms with Gasteiger partial charge in [-0.1, -0.05) is 356 Å². The van der Waals surface area contributed by atoms with E-state index in [1.165, 1.54) is 225 Å². The molecule has 5 atom stereocenters. The predicted molar refractivity (Wildman–Crippen MR) is 395 cm³/mol. The maximum atomic E-state index is 13.1. The van der Waals surface area contributed by atoms with Gasteiger partial charge in [-0.15, -0.1) is 0 Å². The van der Waals surface area contributed by atoms with E-state index in [0.29, 0.717) is 25.7 Å². The molecule has 0 aromatic rings. The van der Waals surface area contributed by atoms with Gasteiger partial charge >= 0.3 is 39.5 Å². The molecule has 19 heteroatoms. The van der Waals surface area contributed by atoms with Crippen molar-refractivity contribution in [2.45, 2.75) is 426 Å². The van der Waals surface area contributed by atoms with Crippen molar-refractivity contribution in [1.82, 2.24) is 0 Å². The minimum absolute atomic E-state index is 0.106. The fraction of sp³-hybridized carbons (Fsp3) is 0.949. The average molecular weight is 1420 g/mol. The van der Waals surface area contributed by atoms with Crippen LogP contribution in [0, 0.1) is 11.8 Å². The molecule has 0 radical (unpaired) electrons. The molecule has 0 heterocycles. The van der Waals surface area contributed by atoms with Crippen LogP contribution in [-0.4, -0.2) is 96.7 Å². The number of unbranched alkanes of at least 4 members (excludes halogenated alkanes) is 47. The second-order valence-corrected chi connectivity index (χ2v) is 32.0. The second-order valence-electron chi connectivity index (χ2n) is 29.1. The highest BCUT2D eigenvalue weighted by molar-refractivity contribution is 7.47. The van der Waals surface area contributed by atoms with E-state index in [1.54, 1.807) is 0 Å². The van der Waals surface area contributed by atoms with Gasteiger partial charge in [0.25, 0.3) is 0 Å². The highest BCUT2D eigenvalue weighted by atomic mass is 31.2. The third kappa shape index (κ3) is 72.2. The number of rotatable bonds is 77. The Hall–Kier alpha value is -1.94. The minimum atomic E-state index is -4.96. The predicted octanol–water partition coefficient (Wildman–Crippen LogP) is 23.1. The van der Waals surface area contributed by atoms with E-state index < -0.39 is 97.5 Å². The summed E-state index contributed by atoms with van der Waals surface area (Å²) in [6.45, 7) is 9.63. The van der Waals surface area contributed by atoms with Crippen molar-refractivity contribution in [3.8, 4) is 0 Å². The first-order valence-electron chi connectivity index (χ1n) is 40.5. The minimum Gasteiger partial charge on any atom is -0.462 e. The van der Waals surface area contributed by atoms with Gasteiger partial charge in [-0.05, 0) is 37.5 Å². The quantitative estimate of drug-likeness (QED) is 0.0222. The zero-order valence-corrected chi connectivity index (χ0v) is 65.2. The normalized spacial score (nSPS) is 14.0. The van der Waals surface area contributed by atoms with E-state index in [2.05, 4.69) is 41.5 Å². The Morgan fingerprint density at radius 3 is 0.701 bits per heavy atom. The fourth-order valence-corrected chi connectivity index (χ4v) is 13.6. The molecular formula is C78H152O17P2. The lowest BCUT2D eigenvalue weighted by Crippen LogP contribution is -2.30. The van der Waals surface area contributed by atoms with Crippen molar-refractivity contribution in [2.24, 2.45) is 11.8 Å². The van der Waals surface area contributed by atoms with Crippen molar-refractivity contribution >= 4 is 39.5 Å². The van der Waals surface area contributed by atoms with Gasteiger partial charge in [0, 0.05) is 25.7 Å². The molecule has 0 bridgehead atoms. The summed E-state index contributed by atoms with van der Waals surface area (Å²) in [5.74, 6) is -0.563. The first-order valence-corrected chi connectivity index (χ1v) is 43.5. The Labute approximate surface area is 594 Å². The van der Waals surface area contributed by atoms with Gasteiger partial charge in [-0.3, -0.25) is 37.3 Å². The molecule has 0 aliphatic heterocycles. The summed E-state index contributed by atoms with van der Waals surface area (Å²) in [5.41, 5.74) is 0. The van der Waals surface area contributed by atoms with E-state index in [1.807, 2.05) is 0 Å². The van der Waals surface area contributed by atoms with Gasteiger partial charge in [0.15, 0.2) is 12.2 Å². The van der Waals surface area contributed by atoms with E-state index in [0.717, 1.165) is 102 Å². The number of phosphoric ester groups is 2. The highest BCUT2D eigenvalue weighted by Crippen LogP contribution is 2.45. The number of esters is 4. The molecule has 576 valence electrons. The zero-order chi connectivity index (χ0) is 71.4. The van der Waals surface area contributed by atoms with Crippen LogP contribution in [0.2, 0.25) is 0 Å². The molecule has 0 rings (SSSR count). The molecule has 0 saturated carbocycles. The summed E-state index contributed by atoms with van der Waals surface area (Å²) < 4.78 is 68.6. The van der Waals surface area contributed by atoms with Crippen LogP contribution in [0.1, 0.15) is 408 Å². The van der Waals surface area contributed by atoms with Crippen LogP contribution in [0.3, 0.4) is 0 Å². The lowest BCUT2D eigenvalue weighted by molar-refractivity contribution is -0.161. The second kappa shape index (κ2) is 69.8. The summed E-state index contributed by atoms with van der Waals surface area (Å²) in [5, 5.41) is 10.6. The Morgan fingerprint density at radius 2 is 0.474 bits per heavy atom. The van der Waals surface area contributed by atoms with Gasteiger partial charge < -0.3 is 33.8 Å². The standard InChI is InChI=1S/C78H152O17P2/c1-7-9-11-13-15-17-19-21-22-26-30-37-43-49-55-61-76(81)89-66-73(94-77(82)62-56-50-44-38-31-27-24-23-25-28-34-40-46-52-58-70(3)4)68-92-96(84,85)90-64-72(79)65-91-97(86,87)93-69-74(67-88-75(80)60-54-48-42-36-29-20-18-16-14-12-10-8-2)95-78(83)63-57-51-45-39-33-32-35-41-47-53-59-71(5)6/h70-74,79H,7-69H2,1-6H3,(H,84,85)(H,86,87)/t72-,73-,74-/m1/s1. The summed E-state index contributed by atoms with van der Waals surface area (Å²) >= 11 is 0. The van der Waals surface area contributed by atoms with Crippen molar-refractivity contribution in [3.05, 3.63) is 0 Å². The lowest BCUT2D eigenvalue weighted by atomic mass is 10.0. The number of carbonyl (C=O) groups is 4. The Kier molecular flexibility index (Phi) is 68.4. The number of ether oxygens (including phenoxy) is 4. The van der Waals surface area contributed by atoms with Crippen LogP contribution in [-0.2, 0) is 65.4 Å². The number of hydrogen-bond donors (Lipinski definition) is 3. The molecule has 0 aliphatic rings. The summed E-state index contributed by atoms with van der Waals surface area (Å²) in [6, 6.07) is 0. The topological polar surface area (TPSA) is 237 Å². The Bertz CT molecular complexity index is 1870. The largest absolute Gasteiger partial charge is 0.472 e. The molecule has 0 aliphatic carbocycles. The van der Waals surface area contributed by atoms with Crippen molar-refractivity contribution in [1.29, 1.82) is 0 Å². The molecule has 0 aromatic carbocycles. The molecule has 0 fully saturated rings. The number of aliphatic hydroxyl groups is 1. The molecule has 0 amide bonds. The van der Waals surface area contributed by atoms with E-state index in [-0.39, 0.29) is 25.7 Å². The zero-order valence-electron chi connectivity index (χ0n) is 63.4. The van der Waals surface area contributed by atoms with Crippen LogP contribution >= 0.6 is 15.6 Å². The first-order chi connectivity index (χ1) is 46.9. The lowest BCUT2D eigenvalue weighted by Gasteiger charge is -2.21. The highest BCUT2D eigenvalue weighted by Gasteiger charge is 2.30. The van der Waals surface area contributed by atoms with E-state index >= 15 is 0 Å². The van der Waals surface area contributed by atoms with Gasteiger partial charge in [-0.25, -0.2) is 9.13 Å². The Balaban J connectivity index is 5.26. The molecule has 0 spiro atoms. The molecule has 97 heavy (non-hydrogen) atoms. The third-order valence-corrected chi connectivity index (χ3v) is 20.1. The smallest absolute Gasteiger partial charge is 0.462 e. The van der Waals surface area contributed by atoms with Crippen LogP contribution in [0.4, 0.5) is 0 Å². The van der Waals surface area contributed by atoms with Crippen LogP contribution in [0.25, 0.3) is 0 Å². The fourth-order valence-electron chi connectivity index (χ4n) is 12.0. The molecule has 0 aromatic heterocycles. The van der Waals surface area contributed by atoms with E-state index in [4.69, 9.17) is 37.0 Å². The van der Waals surface area contributed by atoms with Gasteiger partial charge in [0.1, 0.15) is 19.3 Å². The Morgan fingerprint density at radius 1 is 0.278 bits per heavy atom. The molecule has 17 nitrogen and oxygen atoms in total. The van der Waals surface area contributed by atoms with Crippen LogP contribution in [0.5, 0.6) is 0 Å². The molecule has 2 unspecified atom stereocenters. The summed E-state index contributed by atoms with van der Waals surface area (Å²) in [7, 11) is -9.92. The maximum absolute atomic E-state index is 13.1. The number of aliphatic hydroxyl groups excluding tert-OH is 1. The average Bonchev–Trinajstić information content (AvgIpc) is 0.999. The third-order valence-electron chi connectivity index (χ3n) is 18.2. The first kappa shape index (κ1) is 95.1. The van der Waals surface area contributed by atoms with Gasteiger partial charge in [0.2, 0.25) is 0 Å². The van der Waals surface area contributed by atoms with Gasteiger partial charge in [0.05, 0.1) is 26.4 Å². The van der Waals surface area contributed by atoms with Crippen LogP contribution < -0.4 is 0 Å². The summed E-state index contributed by atoms with van der Waals surface area (Å²) in [6.07, 6.45) is 58.1. The van der Waals surface area contributed by atoms with Crippen LogP contribution in [0.15, 0.2) is 0 Å². The SMILES string of the molecule is CCCCCCCCCCCCCCCCCC(=O)OC[C@H](COP(=O)(O)OC[C@@H](O)COP(=O)(O)OC[C@@H](COC(=O)CCCCCCCCCCCCCC)OC(=O)CCCCCCCCCCCCC(C)C)OC(=O)CCCCCCCCCCCCCCCCC(C)C.